The van der Waals surface area contributed by atoms with Gasteiger partial charge in [0.2, 0.25) is 0 Å². The maximum Gasteiger partial charge on any atom is 0.197 e. The number of benzene rings is 3. The fraction of sp³-hybridized carbons (Fsp3) is 0. The number of carbonyl (C=O) groups excluding carboxylic acids is 1. The van der Waals surface area contributed by atoms with Crippen LogP contribution in [0.15, 0.2) is 103 Å². The van der Waals surface area contributed by atoms with E-state index in [9.17, 15) is 9.90 Å². The minimum Gasteiger partial charge on any atom is -0.507 e. The maximum atomic E-state index is 12.8. The molecule has 1 N–H and O–H groups in total. The highest BCUT2D eigenvalue weighted by atomic mass is 16.3. The first-order chi connectivity index (χ1) is 13.2. The van der Waals surface area contributed by atoms with Crippen molar-refractivity contribution in [2.45, 2.75) is 0 Å². The van der Waals surface area contributed by atoms with Crippen LogP contribution in [0.4, 0.5) is 0 Å². The molecule has 0 bridgehead atoms. The van der Waals surface area contributed by atoms with Gasteiger partial charge in [-0.3, -0.25) is 4.79 Å². The Bertz CT molecular complexity index is 1030. The molecule has 0 atom stereocenters. The van der Waals surface area contributed by atoms with Gasteiger partial charge in [-0.2, -0.15) is 0 Å². The number of hydrogen-bond acceptors (Lipinski definition) is 2. The summed E-state index contributed by atoms with van der Waals surface area (Å²) in [5, 5.41) is 10.1. The van der Waals surface area contributed by atoms with Gasteiger partial charge >= 0.3 is 0 Å². The molecule has 0 amide bonds. The molecule has 0 heterocycles. The summed E-state index contributed by atoms with van der Waals surface area (Å²) in [6.07, 6.45) is 7.45. The van der Waals surface area contributed by atoms with Gasteiger partial charge in [0.05, 0.1) is 5.56 Å². The largest absolute Gasteiger partial charge is 0.507 e. The molecule has 0 saturated heterocycles. The van der Waals surface area contributed by atoms with Crippen LogP contribution in [0.3, 0.4) is 0 Å². The molecule has 27 heavy (non-hydrogen) atoms. The number of phenols is 1. The summed E-state index contributed by atoms with van der Waals surface area (Å²) < 4.78 is 0. The number of aromatic hydroxyl groups is 1. The number of rotatable bonds is 3. The SMILES string of the molecule is O=C1/C(=C\C=C(c2ccccc2)c2ccccc2)C=Cc2cccc(O)c21. The molecular formula is C25H18O2. The summed E-state index contributed by atoms with van der Waals surface area (Å²) in [4.78, 5) is 12.8. The Hall–Kier alpha value is -3.65. The van der Waals surface area contributed by atoms with Crippen LogP contribution in [-0.2, 0) is 0 Å². The molecule has 2 heteroatoms. The highest BCUT2D eigenvalue weighted by Crippen LogP contribution is 2.30. The second-order valence-corrected chi connectivity index (χ2v) is 6.34. The average molecular weight is 350 g/mol. The predicted molar refractivity (Wildman–Crippen MR) is 110 cm³/mol. The lowest BCUT2D eigenvalue weighted by atomic mass is 9.90. The summed E-state index contributed by atoms with van der Waals surface area (Å²) in [7, 11) is 0. The first-order valence-corrected chi connectivity index (χ1v) is 8.81. The van der Waals surface area contributed by atoms with Crippen molar-refractivity contribution >= 4 is 17.4 Å². The van der Waals surface area contributed by atoms with Crippen LogP contribution < -0.4 is 0 Å². The van der Waals surface area contributed by atoms with Crippen molar-refractivity contribution in [2.24, 2.45) is 0 Å². The molecule has 0 radical (unpaired) electrons. The van der Waals surface area contributed by atoms with Gasteiger partial charge in [-0.1, -0.05) is 97.1 Å². The minimum atomic E-state index is -0.165. The van der Waals surface area contributed by atoms with E-state index in [1.54, 1.807) is 18.2 Å². The zero-order valence-corrected chi connectivity index (χ0v) is 14.7. The van der Waals surface area contributed by atoms with E-state index in [1.807, 2.05) is 60.7 Å². The molecule has 1 aliphatic carbocycles. The zero-order chi connectivity index (χ0) is 18.6. The lowest BCUT2D eigenvalue weighted by molar-refractivity contribution is 0.103. The Morgan fingerprint density at radius 1 is 0.741 bits per heavy atom. The van der Waals surface area contributed by atoms with Crippen LogP contribution in [0.2, 0.25) is 0 Å². The highest BCUT2D eigenvalue weighted by Gasteiger charge is 2.20. The van der Waals surface area contributed by atoms with Crippen molar-refractivity contribution in [3.05, 3.63) is 125 Å². The first kappa shape index (κ1) is 16.8. The monoisotopic (exact) mass is 350 g/mol. The van der Waals surface area contributed by atoms with Gasteiger partial charge in [0.25, 0.3) is 0 Å². The van der Waals surface area contributed by atoms with Crippen molar-refractivity contribution in [2.75, 3.05) is 0 Å². The third kappa shape index (κ3) is 3.38. The zero-order valence-electron chi connectivity index (χ0n) is 14.7. The third-order valence-corrected chi connectivity index (χ3v) is 4.61. The van der Waals surface area contributed by atoms with Crippen LogP contribution in [0.25, 0.3) is 11.6 Å². The molecule has 0 aliphatic heterocycles. The second-order valence-electron chi connectivity index (χ2n) is 6.34. The highest BCUT2D eigenvalue weighted by molar-refractivity contribution is 6.17. The maximum absolute atomic E-state index is 12.8. The molecule has 0 saturated carbocycles. The van der Waals surface area contributed by atoms with Gasteiger partial charge in [-0.05, 0) is 28.3 Å². The summed E-state index contributed by atoms with van der Waals surface area (Å²) in [5.41, 5.74) is 4.85. The smallest absolute Gasteiger partial charge is 0.197 e. The Balaban J connectivity index is 1.79. The molecule has 2 nitrogen and oxygen atoms in total. The van der Waals surface area contributed by atoms with Crippen molar-refractivity contribution < 1.29 is 9.90 Å². The summed E-state index contributed by atoms with van der Waals surface area (Å²) in [6.45, 7) is 0. The summed E-state index contributed by atoms with van der Waals surface area (Å²) in [5.74, 6) is -0.148. The number of Topliss-reactive ketones (excluding diaryl/α,β-unsaturated/α-hetero) is 1. The molecule has 1 aliphatic rings. The standard InChI is InChI=1S/C25H18O2/c26-23-13-7-12-20-14-15-21(25(27)24(20)23)16-17-22(18-8-3-1-4-9-18)19-10-5-2-6-11-19/h1-17,26H/b21-16-. The quantitative estimate of drug-likeness (QED) is 0.619. The lowest BCUT2D eigenvalue weighted by Crippen LogP contribution is -2.08. The van der Waals surface area contributed by atoms with E-state index in [0.717, 1.165) is 22.3 Å². The second kappa shape index (κ2) is 7.30. The predicted octanol–water partition coefficient (Wildman–Crippen LogP) is 5.66. The Morgan fingerprint density at radius 3 is 2.00 bits per heavy atom. The van der Waals surface area contributed by atoms with E-state index in [1.165, 1.54) is 0 Å². The fourth-order valence-corrected chi connectivity index (χ4v) is 3.24. The van der Waals surface area contributed by atoms with Gasteiger partial charge in [0.1, 0.15) is 5.75 Å². The Morgan fingerprint density at radius 2 is 1.37 bits per heavy atom. The lowest BCUT2D eigenvalue weighted by Gasteiger charge is -2.13. The fourth-order valence-electron chi connectivity index (χ4n) is 3.24. The summed E-state index contributed by atoms with van der Waals surface area (Å²) in [6, 6.07) is 25.3. The van der Waals surface area contributed by atoms with Gasteiger partial charge in [0, 0.05) is 5.57 Å². The Kier molecular flexibility index (Phi) is 4.54. The van der Waals surface area contributed by atoms with Crippen LogP contribution in [0, 0.1) is 0 Å². The Labute approximate surface area is 158 Å². The van der Waals surface area contributed by atoms with E-state index >= 15 is 0 Å². The summed E-state index contributed by atoms with van der Waals surface area (Å²) >= 11 is 0. The van der Waals surface area contributed by atoms with Crippen LogP contribution in [0.1, 0.15) is 27.0 Å². The number of phenolic OH excluding ortho intramolecular Hbond substituents is 1. The molecule has 3 aromatic carbocycles. The van der Waals surface area contributed by atoms with Gasteiger partial charge in [-0.25, -0.2) is 0 Å². The number of allylic oxidation sites excluding steroid dienone is 4. The van der Waals surface area contributed by atoms with Gasteiger partial charge < -0.3 is 5.11 Å². The van der Waals surface area contributed by atoms with E-state index < -0.39 is 0 Å². The molecule has 0 fully saturated rings. The van der Waals surface area contributed by atoms with E-state index in [-0.39, 0.29) is 11.5 Å². The topological polar surface area (TPSA) is 37.3 Å². The molecule has 4 rings (SSSR count). The number of carbonyl (C=O) groups is 1. The number of fused-ring (bicyclic) bond motifs is 1. The molecule has 0 spiro atoms. The van der Waals surface area contributed by atoms with Crippen molar-refractivity contribution in [3.63, 3.8) is 0 Å². The number of hydrogen-bond donors (Lipinski definition) is 1. The van der Waals surface area contributed by atoms with E-state index in [2.05, 4.69) is 24.3 Å². The van der Waals surface area contributed by atoms with E-state index in [4.69, 9.17) is 0 Å². The average Bonchev–Trinajstić information content (AvgIpc) is 2.71. The molecular weight excluding hydrogens is 332 g/mol. The van der Waals surface area contributed by atoms with Crippen LogP contribution >= 0.6 is 0 Å². The molecule has 0 aromatic heterocycles. The van der Waals surface area contributed by atoms with Crippen molar-refractivity contribution in [3.8, 4) is 5.75 Å². The third-order valence-electron chi connectivity index (χ3n) is 4.61. The van der Waals surface area contributed by atoms with Crippen molar-refractivity contribution in [1.29, 1.82) is 0 Å². The van der Waals surface area contributed by atoms with Crippen LogP contribution in [-0.4, -0.2) is 10.9 Å². The van der Waals surface area contributed by atoms with Gasteiger partial charge in [-0.15, -0.1) is 0 Å². The minimum absolute atomic E-state index is 0.0167. The van der Waals surface area contributed by atoms with Crippen molar-refractivity contribution in [1.82, 2.24) is 0 Å². The normalized spacial score (nSPS) is 14.1. The molecule has 0 unspecified atom stereocenters. The molecule has 130 valence electrons. The van der Waals surface area contributed by atoms with Crippen LogP contribution in [0.5, 0.6) is 5.75 Å². The van der Waals surface area contributed by atoms with E-state index in [0.29, 0.717) is 11.1 Å². The number of ketones is 1. The van der Waals surface area contributed by atoms with Gasteiger partial charge in [0.15, 0.2) is 5.78 Å². The molecule has 3 aromatic rings. The first-order valence-electron chi connectivity index (χ1n) is 8.81.